The zero-order valence-electron chi connectivity index (χ0n) is 17.9. The molecule has 0 atom stereocenters. The summed E-state index contributed by atoms with van der Waals surface area (Å²) in [7, 11) is 0. The van der Waals surface area contributed by atoms with E-state index >= 15 is 0 Å². The minimum Gasteiger partial charge on any atom is -0.324 e. The first-order valence-electron chi connectivity index (χ1n) is 9.48. The number of halogens is 4. The predicted molar refractivity (Wildman–Crippen MR) is 120 cm³/mol. The highest BCUT2D eigenvalue weighted by molar-refractivity contribution is 7.19. The second-order valence-electron chi connectivity index (χ2n) is 6.99. The number of nitrogens with one attached hydrogen (secondary N) is 1. The highest BCUT2D eigenvalue weighted by Gasteiger charge is 2.44. The van der Waals surface area contributed by atoms with Gasteiger partial charge in [-0.2, -0.15) is 13.2 Å². The third kappa shape index (κ3) is 5.69. The average molecular weight is 513 g/mol. The van der Waals surface area contributed by atoms with Crippen molar-refractivity contribution in [3.8, 4) is 10.4 Å². The van der Waals surface area contributed by atoms with E-state index in [1.54, 1.807) is 26.0 Å². The number of carbonyl (C=O) groups is 3. The van der Waals surface area contributed by atoms with Crippen LogP contribution in [0.4, 0.5) is 24.0 Å². The van der Waals surface area contributed by atoms with Gasteiger partial charge in [0.05, 0.1) is 10.6 Å². The van der Waals surface area contributed by atoms with Crippen molar-refractivity contribution in [3.63, 3.8) is 0 Å². The van der Waals surface area contributed by atoms with Gasteiger partial charge in [-0.1, -0.05) is 40.6 Å². The molecular formula is C21H16ClF3N4O4S. The van der Waals surface area contributed by atoms with Crippen molar-refractivity contribution in [3.05, 3.63) is 58.5 Å². The molecule has 0 aliphatic heterocycles. The first-order chi connectivity index (χ1) is 15.9. The molecule has 1 aromatic carbocycles. The van der Waals surface area contributed by atoms with Crippen molar-refractivity contribution >= 4 is 51.5 Å². The van der Waals surface area contributed by atoms with Crippen LogP contribution in [0.15, 0.2) is 36.5 Å². The molecule has 8 nitrogen and oxygen atoms in total. The molecule has 3 aromatic rings. The molecule has 0 radical (unpaired) electrons. The fourth-order valence-electron chi connectivity index (χ4n) is 2.72. The summed E-state index contributed by atoms with van der Waals surface area (Å²) in [6.45, 7) is 4.71. The van der Waals surface area contributed by atoms with Crippen molar-refractivity contribution in [2.24, 2.45) is 0 Å². The number of carbonyl (C=O) groups excluding carboxylic acids is 3. The van der Waals surface area contributed by atoms with E-state index in [1.165, 1.54) is 31.3 Å². The molecule has 3 rings (SSSR count). The fraction of sp³-hybridized carbons (Fsp3) is 0.190. The number of thiazole rings is 1. The Morgan fingerprint density at radius 2 is 1.79 bits per heavy atom. The van der Waals surface area contributed by atoms with Gasteiger partial charge in [0.1, 0.15) is 5.69 Å². The summed E-state index contributed by atoms with van der Waals surface area (Å²) in [6.07, 6.45) is -4.06. The van der Waals surface area contributed by atoms with Gasteiger partial charge in [0.25, 0.3) is 5.91 Å². The lowest BCUT2D eigenvalue weighted by molar-refractivity contribution is -0.199. The molecule has 1 N–H and O–H groups in total. The van der Waals surface area contributed by atoms with Gasteiger partial charge in [-0.3, -0.25) is 9.59 Å². The van der Waals surface area contributed by atoms with Crippen LogP contribution in [-0.4, -0.2) is 33.9 Å². The summed E-state index contributed by atoms with van der Waals surface area (Å²) < 4.78 is 38.8. The first kappa shape index (κ1) is 25.1. The predicted octanol–water partition coefficient (Wildman–Crippen LogP) is 5.10. The molecule has 0 unspecified atom stereocenters. The Hall–Kier alpha value is -3.51. The van der Waals surface area contributed by atoms with Gasteiger partial charge < -0.3 is 10.2 Å². The zero-order valence-corrected chi connectivity index (χ0v) is 19.4. The molecule has 0 fully saturated rings. The van der Waals surface area contributed by atoms with Gasteiger partial charge in [0, 0.05) is 24.2 Å². The number of amides is 2. The van der Waals surface area contributed by atoms with Crippen molar-refractivity contribution in [2.75, 3.05) is 10.4 Å². The number of benzene rings is 1. The van der Waals surface area contributed by atoms with E-state index in [2.05, 4.69) is 20.1 Å². The van der Waals surface area contributed by atoms with Crippen LogP contribution in [0.3, 0.4) is 0 Å². The molecule has 2 aromatic heterocycles. The number of hydrogen-bond acceptors (Lipinski definition) is 7. The Morgan fingerprint density at radius 1 is 1.15 bits per heavy atom. The largest absolute Gasteiger partial charge is 0.493 e. The van der Waals surface area contributed by atoms with Gasteiger partial charge in [-0.15, -0.1) is 5.06 Å². The highest BCUT2D eigenvalue weighted by Crippen LogP contribution is 2.37. The molecule has 0 bridgehead atoms. The number of rotatable bonds is 4. The molecule has 34 heavy (non-hydrogen) atoms. The summed E-state index contributed by atoms with van der Waals surface area (Å²) in [6, 6.07) is 7.10. The summed E-state index contributed by atoms with van der Waals surface area (Å²) in [4.78, 5) is 49.1. The first-order valence-corrected chi connectivity index (χ1v) is 10.7. The van der Waals surface area contributed by atoms with Crippen molar-refractivity contribution in [2.45, 2.75) is 26.9 Å². The van der Waals surface area contributed by atoms with Crippen LogP contribution < -0.4 is 10.4 Å². The number of hydroxylamine groups is 1. The Labute approximate surface area is 200 Å². The highest BCUT2D eigenvalue weighted by atomic mass is 35.5. The van der Waals surface area contributed by atoms with E-state index < -0.39 is 23.7 Å². The van der Waals surface area contributed by atoms with Gasteiger partial charge in [0.15, 0.2) is 10.3 Å². The van der Waals surface area contributed by atoms with Crippen molar-refractivity contribution < 1.29 is 32.4 Å². The monoisotopic (exact) mass is 512 g/mol. The number of hydrogen-bond donors (Lipinski definition) is 1. The Kier molecular flexibility index (Phi) is 7.22. The SMILES string of the molecule is CC(=O)Nc1nc(C)c(-c2cnc(Cl)c(N(OC(=O)C(F)(F)F)C(=O)c3ccc(C)cc3)c2)s1. The maximum atomic E-state index is 13.0. The number of alkyl halides is 3. The number of aryl methyl sites for hydroxylation is 2. The average Bonchev–Trinajstić information content (AvgIpc) is 3.11. The van der Waals surface area contributed by atoms with Crippen LogP contribution in [0.25, 0.3) is 10.4 Å². The maximum Gasteiger partial charge on any atom is 0.493 e. The topological polar surface area (TPSA) is 101 Å². The normalized spacial score (nSPS) is 11.1. The molecule has 0 saturated heterocycles. The van der Waals surface area contributed by atoms with Gasteiger partial charge in [0.2, 0.25) is 5.91 Å². The molecule has 0 saturated carbocycles. The lowest BCUT2D eigenvalue weighted by Gasteiger charge is -2.22. The second kappa shape index (κ2) is 9.77. The Morgan fingerprint density at radius 3 is 2.38 bits per heavy atom. The summed E-state index contributed by atoms with van der Waals surface area (Å²) in [5.41, 5.74) is 1.15. The summed E-state index contributed by atoms with van der Waals surface area (Å²) >= 11 is 7.17. The Bertz CT molecular complexity index is 1260. The number of nitrogens with zero attached hydrogens (tertiary/aromatic N) is 3. The summed E-state index contributed by atoms with van der Waals surface area (Å²) in [5, 5.41) is 2.59. The van der Waals surface area contributed by atoms with E-state index in [9.17, 15) is 27.6 Å². The van der Waals surface area contributed by atoms with E-state index in [4.69, 9.17) is 11.6 Å². The van der Waals surface area contributed by atoms with Crippen LogP contribution in [0, 0.1) is 13.8 Å². The fourth-order valence-corrected chi connectivity index (χ4v) is 3.89. The molecule has 0 spiro atoms. The minimum absolute atomic E-state index is 0.0519. The van der Waals surface area contributed by atoms with Crippen molar-refractivity contribution in [1.82, 2.24) is 9.97 Å². The lowest BCUT2D eigenvalue weighted by atomic mass is 10.1. The van der Waals surface area contributed by atoms with Crippen molar-refractivity contribution in [1.29, 1.82) is 0 Å². The van der Waals surface area contributed by atoms with Gasteiger partial charge in [-0.25, -0.2) is 14.8 Å². The summed E-state index contributed by atoms with van der Waals surface area (Å²) in [5.74, 6) is -4.03. The van der Waals surface area contributed by atoms with E-state index in [-0.39, 0.29) is 26.8 Å². The minimum atomic E-state index is -5.37. The number of pyridine rings is 1. The standard InChI is InChI=1S/C21H16ClF3N4O4S/c1-10-4-6-13(7-5-10)18(31)29(33-19(32)21(23,24)25)15-8-14(9-26-17(15)22)16-11(2)27-20(34-16)28-12(3)30/h4-9H,1-3H3,(H,27,28,30). The third-order valence-corrected chi connectivity index (χ3v) is 5.68. The second-order valence-corrected chi connectivity index (χ2v) is 8.35. The molecule has 0 aliphatic carbocycles. The molecule has 0 aliphatic rings. The molecule has 2 amide bonds. The van der Waals surface area contributed by atoms with Gasteiger partial charge in [-0.05, 0) is 32.0 Å². The van der Waals surface area contributed by atoms with Crippen LogP contribution in [0.5, 0.6) is 0 Å². The maximum absolute atomic E-state index is 13.0. The zero-order chi connectivity index (χ0) is 25.2. The smallest absolute Gasteiger partial charge is 0.324 e. The molecule has 2 heterocycles. The van der Waals surface area contributed by atoms with E-state index in [0.29, 0.717) is 16.1 Å². The lowest BCUT2D eigenvalue weighted by Crippen LogP contribution is -2.39. The number of anilines is 2. The number of aromatic nitrogens is 2. The van der Waals surface area contributed by atoms with Crippen LogP contribution in [0.2, 0.25) is 5.15 Å². The molecule has 13 heteroatoms. The molecular weight excluding hydrogens is 497 g/mol. The molecule has 178 valence electrons. The Balaban J connectivity index is 2.09. The van der Waals surface area contributed by atoms with E-state index in [1.807, 2.05) is 0 Å². The van der Waals surface area contributed by atoms with Crippen LogP contribution in [0.1, 0.15) is 28.5 Å². The quantitative estimate of drug-likeness (QED) is 0.385. The van der Waals surface area contributed by atoms with Crippen LogP contribution in [-0.2, 0) is 14.4 Å². The van der Waals surface area contributed by atoms with Gasteiger partial charge >= 0.3 is 12.1 Å². The third-order valence-electron chi connectivity index (χ3n) is 4.27. The van der Waals surface area contributed by atoms with E-state index in [0.717, 1.165) is 16.9 Å². The van der Waals surface area contributed by atoms with Crippen LogP contribution >= 0.6 is 22.9 Å².